The first-order chi connectivity index (χ1) is 10.3. The smallest absolute Gasteiger partial charge is 0.181 e. The lowest BCUT2D eigenvalue weighted by molar-refractivity contribution is 0.175. The Labute approximate surface area is 125 Å². The van der Waals surface area contributed by atoms with E-state index in [0.717, 1.165) is 5.56 Å². The maximum Gasteiger partial charge on any atom is 0.181 e. The Balaban J connectivity index is 1.73. The predicted molar refractivity (Wildman–Crippen MR) is 81.6 cm³/mol. The molecule has 5 heteroatoms. The fraction of sp³-hybridized carbons (Fsp3) is 0.500. The third kappa shape index (κ3) is 3.14. The Hall–Kier alpha value is -1.72. The van der Waals surface area contributed by atoms with Crippen LogP contribution < -0.4 is 0 Å². The van der Waals surface area contributed by atoms with Gasteiger partial charge < -0.3 is 5.11 Å². The molecule has 1 aliphatic rings. The van der Waals surface area contributed by atoms with Gasteiger partial charge in [-0.25, -0.2) is 4.98 Å². The molecule has 1 saturated heterocycles. The van der Waals surface area contributed by atoms with Crippen LogP contribution in [-0.2, 0) is 6.61 Å². The van der Waals surface area contributed by atoms with Gasteiger partial charge in [-0.1, -0.05) is 30.7 Å². The zero-order chi connectivity index (χ0) is 14.7. The minimum atomic E-state index is -0.114. The van der Waals surface area contributed by atoms with Crippen LogP contribution in [0.15, 0.2) is 24.3 Å². The summed E-state index contributed by atoms with van der Waals surface area (Å²) in [5.74, 6) is 1.13. The standard InChI is InChI=1S/C16H22N4O/c1-12(20-9-3-2-4-10-20)13-5-7-14(8-6-13)16-17-15(11-21)18-19-16/h5-8,12,21H,2-4,9-11H2,1H3,(H,17,18,19). The highest BCUT2D eigenvalue weighted by molar-refractivity contribution is 5.55. The first-order valence-electron chi connectivity index (χ1n) is 7.64. The minimum absolute atomic E-state index is 0.114. The molecule has 1 fully saturated rings. The molecule has 5 nitrogen and oxygen atoms in total. The maximum absolute atomic E-state index is 9.02. The zero-order valence-electron chi connectivity index (χ0n) is 12.4. The van der Waals surface area contributed by atoms with Gasteiger partial charge in [-0.2, -0.15) is 5.10 Å². The predicted octanol–water partition coefficient (Wildman–Crippen LogP) is 2.51. The summed E-state index contributed by atoms with van der Waals surface area (Å²) in [7, 11) is 0. The van der Waals surface area contributed by atoms with Crippen molar-refractivity contribution in [1.82, 2.24) is 20.1 Å². The Morgan fingerprint density at radius 3 is 2.52 bits per heavy atom. The van der Waals surface area contributed by atoms with E-state index in [1.165, 1.54) is 37.9 Å². The average molecular weight is 286 g/mol. The van der Waals surface area contributed by atoms with E-state index in [-0.39, 0.29) is 6.61 Å². The van der Waals surface area contributed by atoms with Gasteiger partial charge in [0.15, 0.2) is 11.6 Å². The fourth-order valence-electron chi connectivity index (χ4n) is 2.92. The second-order valence-corrected chi connectivity index (χ2v) is 5.66. The monoisotopic (exact) mass is 286 g/mol. The van der Waals surface area contributed by atoms with Crippen molar-refractivity contribution < 1.29 is 5.11 Å². The number of aromatic nitrogens is 3. The van der Waals surface area contributed by atoms with Crippen LogP contribution in [0.2, 0.25) is 0 Å². The molecular formula is C16H22N4O. The quantitative estimate of drug-likeness (QED) is 0.906. The summed E-state index contributed by atoms with van der Waals surface area (Å²) in [5.41, 5.74) is 2.30. The average Bonchev–Trinajstić information content (AvgIpc) is 3.04. The topological polar surface area (TPSA) is 65.0 Å². The summed E-state index contributed by atoms with van der Waals surface area (Å²) in [6, 6.07) is 8.88. The summed E-state index contributed by atoms with van der Waals surface area (Å²) in [5, 5.41) is 15.9. The zero-order valence-corrected chi connectivity index (χ0v) is 12.4. The summed E-state index contributed by atoms with van der Waals surface area (Å²) >= 11 is 0. The Morgan fingerprint density at radius 2 is 1.90 bits per heavy atom. The molecule has 0 bridgehead atoms. The highest BCUT2D eigenvalue weighted by Gasteiger charge is 2.18. The number of hydrogen-bond acceptors (Lipinski definition) is 4. The van der Waals surface area contributed by atoms with Crippen LogP contribution in [0, 0.1) is 0 Å². The molecule has 112 valence electrons. The minimum Gasteiger partial charge on any atom is -0.388 e. The molecule has 1 aliphatic heterocycles. The number of nitrogens with one attached hydrogen (secondary N) is 1. The lowest BCUT2D eigenvalue weighted by atomic mass is 10.0. The number of nitrogens with zero attached hydrogens (tertiary/aromatic N) is 3. The first-order valence-corrected chi connectivity index (χ1v) is 7.64. The van der Waals surface area contributed by atoms with E-state index >= 15 is 0 Å². The molecule has 2 heterocycles. The number of piperidine rings is 1. The number of aliphatic hydroxyl groups excluding tert-OH is 1. The van der Waals surface area contributed by atoms with Gasteiger partial charge in [0.2, 0.25) is 0 Å². The highest BCUT2D eigenvalue weighted by atomic mass is 16.3. The number of aliphatic hydroxyl groups is 1. The molecule has 2 N–H and O–H groups in total. The van der Waals surface area contributed by atoms with E-state index < -0.39 is 0 Å². The van der Waals surface area contributed by atoms with Gasteiger partial charge >= 0.3 is 0 Å². The molecule has 21 heavy (non-hydrogen) atoms. The maximum atomic E-state index is 9.02. The van der Waals surface area contributed by atoms with Crippen LogP contribution in [0.25, 0.3) is 11.4 Å². The van der Waals surface area contributed by atoms with Gasteiger partial charge in [0.1, 0.15) is 6.61 Å². The number of benzene rings is 1. The van der Waals surface area contributed by atoms with Gasteiger partial charge in [-0.3, -0.25) is 10.00 Å². The summed E-state index contributed by atoms with van der Waals surface area (Å²) < 4.78 is 0. The van der Waals surface area contributed by atoms with Crippen molar-refractivity contribution in [2.75, 3.05) is 13.1 Å². The molecule has 1 aromatic carbocycles. The fourth-order valence-corrected chi connectivity index (χ4v) is 2.92. The Kier molecular flexibility index (Phi) is 4.31. The van der Waals surface area contributed by atoms with E-state index in [0.29, 0.717) is 17.7 Å². The largest absolute Gasteiger partial charge is 0.388 e. The molecule has 1 aromatic heterocycles. The van der Waals surface area contributed by atoms with Gasteiger partial charge in [-0.05, 0) is 38.4 Å². The number of hydrogen-bond donors (Lipinski definition) is 2. The van der Waals surface area contributed by atoms with E-state index in [1.807, 2.05) is 0 Å². The number of likely N-dealkylation sites (tertiary alicyclic amines) is 1. The van der Waals surface area contributed by atoms with Crippen molar-refractivity contribution in [2.45, 2.75) is 38.8 Å². The highest BCUT2D eigenvalue weighted by Crippen LogP contribution is 2.25. The molecule has 1 atom stereocenters. The van der Waals surface area contributed by atoms with Crippen molar-refractivity contribution in [2.24, 2.45) is 0 Å². The summed E-state index contributed by atoms with van der Waals surface area (Å²) in [6.45, 7) is 4.56. The normalized spacial score (nSPS) is 17.8. The van der Waals surface area contributed by atoms with E-state index in [2.05, 4.69) is 51.3 Å². The van der Waals surface area contributed by atoms with Gasteiger partial charge in [0.05, 0.1) is 0 Å². The summed E-state index contributed by atoms with van der Waals surface area (Å²) in [6.07, 6.45) is 3.98. The van der Waals surface area contributed by atoms with Gasteiger partial charge in [0.25, 0.3) is 0 Å². The molecule has 0 spiro atoms. The first kappa shape index (κ1) is 14.2. The van der Waals surface area contributed by atoms with Crippen molar-refractivity contribution >= 4 is 0 Å². The van der Waals surface area contributed by atoms with Crippen LogP contribution in [-0.4, -0.2) is 38.3 Å². The van der Waals surface area contributed by atoms with Crippen molar-refractivity contribution in [1.29, 1.82) is 0 Å². The van der Waals surface area contributed by atoms with Gasteiger partial charge in [-0.15, -0.1) is 0 Å². The lowest BCUT2D eigenvalue weighted by Gasteiger charge is -2.32. The number of H-pyrrole nitrogens is 1. The van der Waals surface area contributed by atoms with Crippen molar-refractivity contribution in [3.63, 3.8) is 0 Å². The molecule has 0 saturated carbocycles. The third-order valence-electron chi connectivity index (χ3n) is 4.27. The second-order valence-electron chi connectivity index (χ2n) is 5.66. The van der Waals surface area contributed by atoms with Crippen LogP contribution in [0.5, 0.6) is 0 Å². The Bertz CT molecular complexity index is 572. The molecule has 1 unspecified atom stereocenters. The lowest BCUT2D eigenvalue weighted by Crippen LogP contribution is -2.32. The SMILES string of the molecule is CC(c1ccc(-c2n[nH]c(CO)n2)cc1)N1CCCCC1. The van der Waals surface area contributed by atoms with Crippen LogP contribution >= 0.6 is 0 Å². The van der Waals surface area contributed by atoms with Crippen molar-refractivity contribution in [3.8, 4) is 11.4 Å². The van der Waals surface area contributed by atoms with E-state index in [4.69, 9.17) is 5.11 Å². The molecule has 3 rings (SSSR count). The van der Waals surface area contributed by atoms with Gasteiger partial charge in [0, 0.05) is 11.6 Å². The molecule has 0 aliphatic carbocycles. The summed E-state index contributed by atoms with van der Waals surface area (Å²) in [4.78, 5) is 6.79. The molecular weight excluding hydrogens is 264 g/mol. The van der Waals surface area contributed by atoms with Crippen LogP contribution in [0.1, 0.15) is 43.6 Å². The molecule has 0 radical (unpaired) electrons. The molecule has 0 amide bonds. The van der Waals surface area contributed by atoms with E-state index in [9.17, 15) is 0 Å². The van der Waals surface area contributed by atoms with E-state index in [1.54, 1.807) is 0 Å². The molecule has 2 aromatic rings. The second kappa shape index (κ2) is 6.37. The number of aromatic amines is 1. The van der Waals surface area contributed by atoms with Crippen molar-refractivity contribution in [3.05, 3.63) is 35.7 Å². The van der Waals surface area contributed by atoms with Crippen LogP contribution in [0.3, 0.4) is 0 Å². The number of rotatable bonds is 4. The Morgan fingerprint density at radius 1 is 1.19 bits per heavy atom. The third-order valence-corrected chi connectivity index (χ3v) is 4.27. The van der Waals surface area contributed by atoms with Crippen LogP contribution in [0.4, 0.5) is 0 Å².